The van der Waals surface area contributed by atoms with Crippen molar-refractivity contribution >= 4 is 21.6 Å². The maximum Gasteiger partial charge on any atom is 0.261 e. The molecule has 0 aromatic heterocycles. The van der Waals surface area contributed by atoms with Crippen molar-refractivity contribution in [3.63, 3.8) is 0 Å². The van der Waals surface area contributed by atoms with Gasteiger partial charge in [0, 0.05) is 18.7 Å². The fourth-order valence-corrected chi connectivity index (χ4v) is 4.15. The van der Waals surface area contributed by atoms with E-state index in [2.05, 4.69) is 11.6 Å². The first-order valence-corrected chi connectivity index (χ1v) is 10.0. The Balaban J connectivity index is 1.76. The molecule has 2 aromatic carbocycles. The lowest BCUT2D eigenvalue weighted by Crippen LogP contribution is -2.39. The standard InChI is InChI=1S/C19H21FN2O3S/c1-14-5-4-12-22(13-14)19(23)15-8-10-16(11-9-15)26(24,25)21-18-7-3-2-6-17(18)20/h2-3,6-11,14,21H,4-5,12-13H2,1H3. The molecule has 0 aliphatic carbocycles. The highest BCUT2D eigenvalue weighted by atomic mass is 32.2. The summed E-state index contributed by atoms with van der Waals surface area (Å²) >= 11 is 0. The van der Waals surface area contributed by atoms with Gasteiger partial charge in [-0.1, -0.05) is 19.1 Å². The summed E-state index contributed by atoms with van der Waals surface area (Å²) in [6.45, 7) is 3.55. The van der Waals surface area contributed by atoms with Gasteiger partial charge in [0.1, 0.15) is 5.82 Å². The van der Waals surface area contributed by atoms with Crippen LogP contribution in [0.3, 0.4) is 0 Å². The van der Waals surface area contributed by atoms with Crippen molar-refractivity contribution in [2.24, 2.45) is 5.92 Å². The molecule has 0 radical (unpaired) electrons. The smallest absolute Gasteiger partial charge is 0.261 e. The molecule has 138 valence electrons. The highest BCUT2D eigenvalue weighted by Gasteiger charge is 2.23. The topological polar surface area (TPSA) is 66.5 Å². The van der Waals surface area contributed by atoms with E-state index in [9.17, 15) is 17.6 Å². The zero-order valence-corrected chi connectivity index (χ0v) is 15.3. The van der Waals surface area contributed by atoms with Crippen molar-refractivity contribution in [1.29, 1.82) is 0 Å². The number of likely N-dealkylation sites (tertiary alicyclic amines) is 1. The Morgan fingerprint density at radius 2 is 1.85 bits per heavy atom. The van der Waals surface area contributed by atoms with Crippen LogP contribution in [0.2, 0.25) is 0 Å². The number of anilines is 1. The lowest BCUT2D eigenvalue weighted by atomic mass is 9.99. The maximum absolute atomic E-state index is 13.7. The number of amides is 1. The van der Waals surface area contributed by atoms with E-state index in [0.29, 0.717) is 18.0 Å². The van der Waals surface area contributed by atoms with E-state index in [1.165, 1.54) is 42.5 Å². The van der Waals surface area contributed by atoms with Gasteiger partial charge < -0.3 is 4.90 Å². The molecule has 1 aliphatic heterocycles. The van der Waals surface area contributed by atoms with Crippen LogP contribution in [0, 0.1) is 11.7 Å². The van der Waals surface area contributed by atoms with Crippen LogP contribution < -0.4 is 4.72 Å². The van der Waals surface area contributed by atoms with Crippen LogP contribution >= 0.6 is 0 Å². The predicted molar refractivity (Wildman–Crippen MR) is 98.0 cm³/mol. The fourth-order valence-electron chi connectivity index (χ4n) is 3.08. The molecule has 1 aliphatic rings. The number of carbonyl (C=O) groups excluding carboxylic acids is 1. The normalized spacial score (nSPS) is 17.8. The monoisotopic (exact) mass is 376 g/mol. The summed E-state index contributed by atoms with van der Waals surface area (Å²) < 4.78 is 40.7. The summed E-state index contributed by atoms with van der Waals surface area (Å²) in [4.78, 5) is 14.3. The number of sulfonamides is 1. The Hall–Kier alpha value is -2.41. The quantitative estimate of drug-likeness (QED) is 0.888. The number of benzene rings is 2. The van der Waals surface area contributed by atoms with Crippen molar-refractivity contribution < 1.29 is 17.6 Å². The van der Waals surface area contributed by atoms with E-state index < -0.39 is 15.8 Å². The molecule has 1 unspecified atom stereocenters. The van der Waals surface area contributed by atoms with Crippen molar-refractivity contribution in [3.8, 4) is 0 Å². The minimum absolute atomic E-state index is 0.0238. The van der Waals surface area contributed by atoms with Crippen LogP contribution in [0.5, 0.6) is 0 Å². The number of para-hydroxylation sites is 1. The minimum Gasteiger partial charge on any atom is -0.338 e. The van der Waals surface area contributed by atoms with E-state index in [-0.39, 0.29) is 16.5 Å². The molecule has 1 atom stereocenters. The third kappa shape index (κ3) is 4.04. The highest BCUT2D eigenvalue weighted by Crippen LogP contribution is 2.21. The second-order valence-electron chi connectivity index (χ2n) is 6.61. The summed E-state index contributed by atoms with van der Waals surface area (Å²) in [7, 11) is -3.93. The van der Waals surface area contributed by atoms with Crippen LogP contribution in [0.15, 0.2) is 53.4 Å². The Labute approximate surface area is 152 Å². The Kier molecular flexibility index (Phi) is 5.27. The average molecular weight is 376 g/mol. The summed E-state index contributed by atoms with van der Waals surface area (Å²) in [6.07, 6.45) is 2.09. The van der Waals surface area contributed by atoms with Gasteiger partial charge in [0.2, 0.25) is 0 Å². The van der Waals surface area contributed by atoms with Crippen molar-refractivity contribution in [3.05, 3.63) is 59.9 Å². The summed E-state index contributed by atoms with van der Waals surface area (Å²) in [5, 5.41) is 0. The van der Waals surface area contributed by atoms with E-state index in [1.807, 2.05) is 0 Å². The summed E-state index contributed by atoms with van der Waals surface area (Å²) in [5.41, 5.74) is 0.332. The van der Waals surface area contributed by atoms with Crippen molar-refractivity contribution in [2.75, 3.05) is 17.8 Å². The molecule has 1 amide bonds. The number of hydrogen-bond donors (Lipinski definition) is 1. The molecule has 3 rings (SSSR count). The molecule has 2 aromatic rings. The predicted octanol–water partition coefficient (Wildman–Crippen LogP) is 3.50. The third-order valence-electron chi connectivity index (χ3n) is 4.47. The van der Waals surface area contributed by atoms with E-state index in [4.69, 9.17) is 0 Å². The fraction of sp³-hybridized carbons (Fsp3) is 0.316. The zero-order valence-electron chi connectivity index (χ0n) is 14.5. The largest absolute Gasteiger partial charge is 0.338 e. The molecule has 1 saturated heterocycles. The van der Waals surface area contributed by atoms with Gasteiger partial charge in [-0.05, 0) is 55.2 Å². The number of hydrogen-bond acceptors (Lipinski definition) is 3. The highest BCUT2D eigenvalue weighted by molar-refractivity contribution is 7.92. The Bertz CT molecular complexity index is 897. The van der Waals surface area contributed by atoms with Crippen LogP contribution in [0.4, 0.5) is 10.1 Å². The van der Waals surface area contributed by atoms with Crippen molar-refractivity contribution in [1.82, 2.24) is 4.90 Å². The molecule has 0 spiro atoms. The summed E-state index contributed by atoms with van der Waals surface area (Å²) in [6, 6.07) is 11.3. The third-order valence-corrected chi connectivity index (χ3v) is 5.86. The number of nitrogens with one attached hydrogen (secondary N) is 1. The molecular formula is C19H21FN2O3S. The molecular weight excluding hydrogens is 355 g/mol. The number of piperidine rings is 1. The molecule has 5 nitrogen and oxygen atoms in total. The molecule has 1 N–H and O–H groups in total. The van der Waals surface area contributed by atoms with E-state index >= 15 is 0 Å². The lowest BCUT2D eigenvalue weighted by Gasteiger charge is -2.31. The van der Waals surface area contributed by atoms with Gasteiger partial charge in [-0.25, -0.2) is 12.8 Å². The van der Waals surface area contributed by atoms with E-state index in [1.54, 1.807) is 11.0 Å². The van der Waals surface area contributed by atoms with Gasteiger partial charge in [-0.2, -0.15) is 0 Å². The average Bonchev–Trinajstić information content (AvgIpc) is 2.63. The van der Waals surface area contributed by atoms with Crippen molar-refractivity contribution in [2.45, 2.75) is 24.7 Å². The van der Waals surface area contributed by atoms with Gasteiger partial charge in [0.05, 0.1) is 10.6 Å². The molecule has 0 saturated carbocycles. The SMILES string of the molecule is CC1CCCN(C(=O)c2ccc(S(=O)(=O)Nc3ccccc3F)cc2)C1. The van der Waals surface area contributed by atoms with Gasteiger partial charge in [0.15, 0.2) is 0 Å². The molecule has 7 heteroatoms. The Morgan fingerprint density at radius 1 is 1.15 bits per heavy atom. The first-order valence-electron chi connectivity index (χ1n) is 8.53. The van der Waals surface area contributed by atoms with E-state index in [0.717, 1.165) is 19.4 Å². The van der Waals surface area contributed by atoms with Crippen LogP contribution in [0.25, 0.3) is 0 Å². The van der Waals surface area contributed by atoms with Gasteiger partial charge >= 0.3 is 0 Å². The number of carbonyl (C=O) groups is 1. The molecule has 1 fully saturated rings. The summed E-state index contributed by atoms with van der Waals surface area (Å²) in [5.74, 6) is -0.276. The first-order chi connectivity index (χ1) is 12.4. The lowest BCUT2D eigenvalue weighted by molar-refractivity contribution is 0.0683. The van der Waals surface area contributed by atoms with Crippen LogP contribution in [0.1, 0.15) is 30.1 Å². The van der Waals surface area contributed by atoms with Gasteiger partial charge in [-0.15, -0.1) is 0 Å². The van der Waals surface area contributed by atoms with Crippen LogP contribution in [-0.4, -0.2) is 32.3 Å². The second-order valence-corrected chi connectivity index (χ2v) is 8.29. The Morgan fingerprint density at radius 3 is 2.50 bits per heavy atom. The number of halogens is 1. The first kappa shape index (κ1) is 18.4. The minimum atomic E-state index is -3.93. The van der Waals surface area contributed by atoms with Gasteiger partial charge in [-0.3, -0.25) is 9.52 Å². The maximum atomic E-state index is 13.7. The zero-order chi connectivity index (χ0) is 18.7. The number of rotatable bonds is 4. The molecule has 0 bridgehead atoms. The number of nitrogens with zero attached hydrogens (tertiary/aromatic N) is 1. The molecule has 26 heavy (non-hydrogen) atoms. The van der Waals surface area contributed by atoms with Crippen LogP contribution in [-0.2, 0) is 10.0 Å². The second kappa shape index (κ2) is 7.45. The molecule has 1 heterocycles. The van der Waals surface area contributed by atoms with Gasteiger partial charge in [0.25, 0.3) is 15.9 Å².